The summed E-state index contributed by atoms with van der Waals surface area (Å²) >= 11 is 7.99. The lowest BCUT2D eigenvalue weighted by atomic mass is 9.94. The minimum absolute atomic E-state index is 0.0261. The van der Waals surface area contributed by atoms with Crippen LogP contribution >= 0.6 is 31.9 Å². The van der Waals surface area contributed by atoms with Gasteiger partial charge in [-0.25, -0.2) is 4.79 Å². The SMILES string of the molecule is CC1NCCN(C(=O)N2CCNC(C)C2(Br)c2ccccc2)C1(Br)c1ccccc1. The molecule has 7 heteroatoms. The van der Waals surface area contributed by atoms with Crippen LogP contribution in [0.5, 0.6) is 0 Å². The maximum Gasteiger partial charge on any atom is 0.323 e. The first-order chi connectivity index (χ1) is 14.4. The van der Waals surface area contributed by atoms with E-state index in [0.29, 0.717) is 13.1 Å². The number of carbonyl (C=O) groups is 1. The Hall–Kier alpha value is -1.41. The Morgan fingerprint density at radius 3 is 1.53 bits per heavy atom. The number of rotatable bonds is 2. The summed E-state index contributed by atoms with van der Waals surface area (Å²) in [5, 5.41) is 7.07. The van der Waals surface area contributed by atoms with Crippen LogP contribution in [0, 0.1) is 0 Å². The lowest BCUT2D eigenvalue weighted by Crippen LogP contribution is -2.69. The molecule has 0 spiro atoms. The van der Waals surface area contributed by atoms with E-state index in [9.17, 15) is 4.79 Å². The summed E-state index contributed by atoms with van der Waals surface area (Å²) in [6.07, 6.45) is 0. The van der Waals surface area contributed by atoms with Crippen molar-refractivity contribution in [1.82, 2.24) is 20.4 Å². The number of urea groups is 1. The second-order valence-electron chi connectivity index (χ2n) is 8.02. The van der Waals surface area contributed by atoms with Gasteiger partial charge in [-0.05, 0) is 25.0 Å². The molecule has 0 aliphatic carbocycles. The molecular formula is C23H28Br2N4O. The molecule has 2 aromatic rings. The average Bonchev–Trinajstić information content (AvgIpc) is 2.78. The number of nitrogens with one attached hydrogen (secondary N) is 2. The highest BCUT2D eigenvalue weighted by Crippen LogP contribution is 2.45. The monoisotopic (exact) mass is 534 g/mol. The van der Waals surface area contributed by atoms with Crippen LogP contribution in [0.1, 0.15) is 25.0 Å². The molecule has 2 saturated heterocycles. The van der Waals surface area contributed by atoms with Crippen LogP contribution in [0.15, 0.2) is 60.7 Å². The van der Waals surface area contributed by atoms with Gasteiger partial charge >= 0.3 is 6.03 Å². The van der Waals surface area contributed by atoms with Gasteiger partial charge < -0.3 is 20.4 Å². The molecule has 2 aliphatic heterocycles. The molecule has 2 fully saturated rings. The van der Waals surface area contributed by atoms with E-state index >= 15 is 0 Å². The molecular weight excluding hydrogens is 508 g/mol. The van der Waals surface area contributed by atoms with Crippen LogP contribution in [0.2, 0.25) is 0 Å². The highest BCUT2D eigenvalue weighted by molar-refractivity contribution is 9.10. The maximum atomic E-state index is 14.2. The standard InChI is InChI=1S/C23H28Br2N4O/c1-17-22(24,19-9-5-3-6-10-19)28(15-13-26-17)21(30)29-16-14-27-18(2)23(29,25)20-11-7-4-8-12-20/h3-12,17-18,26-27H,13-16H2,1-2H3. The molecule has 5 nitrogen and oxygen atoms in total. The molecule has 30 heavy (non-hydrogen) atoms. The number of hydrogen-bond acceptors (Lipinski definition) is 3. The van der Waals surface area contributed by atoms with Crippen LogP contribution < -0.4 is 10.6 Å². The third-order valence-corrected chi connectivity index (χ3v) is 9.47. The van der Waals surface area contributed by atoms with Crippen LogP contribution in [-0.2, 0) is 8.90 Å². The quantitative estimate of drug-likeness (QED) is 0.448. The molecule has 2 heterocycles. The Balaban J connectivity index is 1.76. The third-order valence-electron chi connectivity index (χ3n) is 6.32. The van der Waals surface area contributed by atoms with Crippen LogP contribution in [0.4, 0.5) is 4.79 Å². The summed E-state index contributed by atoms with van der Waals surface area (Å²) in [6.45, 7) is 7.02. The van der Waals surface area contributed by atoms with Crippen molar-refractivity contribution >= 4 is 37.9 Å². The van der Waals surface area contributed by atoms with Gasteiger partial charge in [-0.2, -0.15) is 0 Å². The Bertz CT molecular complexity index is 812. The van der Waals surface area contributed by atoms with Crippen LogP contribution in [0.25, 0.3) is 0 Å². The molecule has 0 saturated carbocycles. The fraction of sp³-hybridized carbons (Fsp3) is 0.435. The van der Waals surface area contributed by atoms with Gasteiger partial charge in [-0.1, -0.05) is 92.5 Å². The molecule has 4 unspecified atom stereocenters. The fourth-order valence-corrected chi connectivity index (χ4v) is 6.13. The predicted octanol–water partition coefficient (Wildman–Crippen LogP) is 4.19. The van der Waals surface area contributed by atoms with Crippen molar-refractivity contribution in [3.63, 3.8) is 0 Å². The number of alkyl halides is 2. The molecule has 160 valence electrons. The number of nitrogens with zero attached hydrogens (tertiary/aromatic N) is 2. The number of halogens is 2. The summed E-state index contributed by atoms with van der Waals surface area (Å²) in [5.41, 5.74) is 2.14. The minimum Gasteiger partial charge on any atom is -0.309 e. The van der Waals surface area contributed by atoms with Crippen molar-refractivity contribution in [1.29, 1.82) is 0 Å². The summed E-state index contributed by atoms with van der Waals surface area (Å²) in [6, 6.07) is 20.6. The number of amides is 2. The van der Waals surface area contributed by atoms with E-state index in [1.165, 1.54) is 0 Å². The third kappa shape index (κ3) is 3.49. The molecule has 0 radical (unpaired) electrons. The molecule has 0 aromatic heterocycles. The summed E-state index contributed by atoms with van der Waals surface area (Å²) in [5.74, 6) is 0. The highest BCUT2D eigenvalue weighted by Gasteiger charge is 2.52. The first kappa shape index (κ1) is 21.8. The zero-order valence-electron chi connectivity index (χ0n) is 17.3. The van der Waals surface area contributed by atoms with Crippen LogP contribution in [-0.4, -0.2) is 54.1 Å². The number of piperazine rings is 2. The Kier molecular flexibility index (Phi) is 6.26. The number of hydrogen-bond donors (Lipinski definition) is 2. The van der Waals surface area contributed by atoms with E-state index in [1.54, 1.807) is 0 Å². The van der Waals surface area contributed by atoms with Gasteiger partial charge in [0.25, 0.3) is 0 Å². The lowest BCUT2D eigenvalue weighted by molar-refractivity contribution is 0.0566. The fourth-order valence-electron chi connectivity index (χ4n) is 4.62. The smallest absolute Gasteiger partial charge is 0.309 e. The van der Waals surface area contributed by atoms with Gasteiger partial charge in [0.05, 0.1) is 0 Å². The second kappa shape index (κ2) is 8.61. The summed E-state index contributed by atoms with van der Waals surface area (Å²) < 4.78 is -1.25. The topological polar surface area (TPSA) is 47.6 Å². The molecule has 2 N–H and O–H groups in total. The first-order valence-corrected chi connectivity index (χ1v) is 12.0. The molecule has 0 bridgehead atoms. The Labute approximate surface area is 195 Å². The Morgan fingerprint density at radius 2 is 1.17 bits per heavy atom. The molecule has 2 amide bonds. The minimum atomic E-state index is -0.623. The van der Waals surface area contributed by atoms with Crippen molar-refractivity contribution in [3.05, 3.63) is 71.8 Å². The van der Waals surface area contributed by atoms with Crippen LogP contribution in [0.3, 0.4) is 0 Å². The molecule has 2 aromatic carbocycles. The van der Waals surface area contributed by atoms with Gasteiger partial charge in [0.2, 0.25) is 0 Å². The normalized spacial score (nSPS) is 32.1. The lowest BCUT2D eigenvalue weighted by Gasteiger charge is -2.54. The largest absolute Gasteiger partial charge is 0.323 e. The average molecular weight is 536 g/mol. The van der Waals surface area contributed by atoms with E-state index in [4.69, 9.17) is 0 Å². The Morgan fingerprint density at radius 1 is 0.800 bits per heavy atom. The predicted molar refractivity (Wildman–Crippen MR) is 128 cm³/mol. The van der Waals surface area contributed by atoms with E-state index in [0.717, 1.165) is 24.2 Å². The molecule has 4 rings (SSSR count). The van der Waals surface area contributed by atoms with E-state index < -0.39 is 8.90 Å². The van der Waals surface area contributed by atoms with Crippen molar-refractivity contribution < 1.29 is 4.79 Å². The number of carbonyl (C=O) groups excluding carboxylic acids is 1. The van der Waals surface area contributed by atoms with E-state index in [1.807, 2.05) is 46.2 Å². The molecule has 4 atom stereocenters. The maximum absolute atomic E-state index is 14.2. The van der Waals surface area contributed by atoms with Gasteiger partial charge in [-0.15, -0.1) is 0 Å². The zero-order valence-corrected chi connectivity index (χ0v) is 20.5. The first-order valence-electron chi connectivity index (χ1n) is 10.4. The second-order valence-corrected chi connectivity index (χ2v) is 10.4. The van der Waals surface area contributed by atoms with Crippen molar-refractivity contribution in [2.24, 2.45) is 0 Å². The van der Waals surface area contributed by atoms with Gasteiger partial charge in [0, 0.05) is 38.3 Å². The van der Waals surface area contributed by atoms with Gasteiger partial charge in [0.15, 0.2) is 0 Å². The number of benzene rings is 2. The highest BCUT2D eigenvalue weighted by atomic mass is 79.9. The van der Waals surface area contributed by atoms with E-state index in [2.05, 4.69) is 80.6 Å². The zero-order chi connectivity index (χ0) is 21.4. The summed E-state index contributed by atoms with van der Waals surface area (Å²) in [4.78, 5) is 18.1. The van der Waals surface area contributed by atoms with Gasteiger partial charge in [0.1, 0.15) is 8.90 Å². The van der Waals surface area contributed by atoms with E-state index in [-0.39, 0.29) is 18.1 Å². The summed E-state index contributed by atoms with van der Waals surface area (Å²) in [7, 11) is 0. The van der Waals surface area contributed by atoms with Crippen molar-refractivity contribution in [2.45, 2.75) is 34.8 Å². The van der Waals surface area contributed by atoms with Gasteiger partial charge in [-0.3, -0.25) is 0 Å². The molecule has 2 aliphatic rings. The van der Waals surface area contributed by atoms with Crippen molar-refractivity contribution in [2.75, 3.05) is 26.2 Å². The van der Waals surface area contributed by atoms with Crippen molar-refractivity contribution in [3.8, 4) is 0 Å².